The lowest BCUT2D eigenvalue weighted by Gasteiger charge is -2.30. The number of hydrogen-bond acceptors (Lipinski definition) is 5. The molecule has 0 bridgehead atoms. The Balaban J connectivity index is 2.73. The minimum atomic E-state index is -0.966. The number of carbonyl (C=O) groups is 3. The van der Waals surface area contributed by atoms with Gasteiger partial charge in [-0.3, -0.25) is 14.4 Å². The van der Waals surface area contributed by atoms with Crippen LogP contribution in [0.2, 0.25) is 0 Å². The third-order valence-corrected chi connectivity index (χ3v) is 5.85. The van der Waals surface area contributed by atoms with Gasteiger partial charge in [-0.05, 0) is 38.0 Å². The van der Waals surface area contributed by atoms with Gasteiger partial charge in [-0.15, -0.1) is 0 Å². The molecule has 5 atom stereocenters. The molecule has 4 N–H and O–H groups in total. The molecule has 1 rings (SSSR count). The monoisotopic (exact) mass is 396 g/mol. The van der Waals surface area contributed by atoms with Crippen LogP contribution in [0.1, 0.15) is 73.1 Å². The first-order valence-electron chi connectivity index (χ1n) is 10.8. The van der Waals surface area contributed by atoms with E-state index in [1.54, 1.807) is 13.8 Å². The van der Waals surface area contributed by atoms with Crippen LogP contribution in [0, 0.1) is 29.6 Å². The van der Waals surface area contributed by atoms with E-state index in [4.69, 9.17) is 5.73 Å². The van der Waals surface area contributed by atoms with E-state index in [9.17, 15) is 19.5 Å². The highest BCUT2D eigenvalue weighted by atomic mass is 16.3. The molecule has 1 saturated carbocycles. The molecule has 0 spiro atoms. The van der Waals surface area contributed by atoms with E-state index in [0.29, 0.717) is 11.8 Å². The van der Waals surface area contributed by atoms with Crippen LogP contribution < -0.4 is 11.1 Å². The molecule has 6 nitrogen and oxygen atoms in total. The second kappa shape index (κ2) is 11.7. The van der Waals surface area contributed by atoms with Crippen molar-refractivity contribution in [2.75, 3.05) is 6.54 Å². The summed E-state index contributed by atoms with van der Waals surface area (Å²) >= 11 is 0. The van der Waals surface area contributed by atoms with Gasteiger partial charge in [-0.2, -0.15) is 0 Å². The molecule has 0 unspecified atom stereocenters. The fourth-order valence-corrected chi connectivity index (χ4v) is 4.26. The number of hydrogen-bond donors (Lipinski definition) is 3. The van der Waals surface area contributed by atoms with Gasteiger partial charge in [0.15, 0.2) is 5.78 Å². The Morgan fingerprint density at radius 3 is 2.25 bits per heavy atom. The fourth-order valence-electron chi connectivity index (χ4n) is 4.26. The molecule has 0 heterocycles. The molecule has 0 radical (unpaired) electrons. The SMILES string of the molecule is CC(C)C[C@@H]1CCC[C@@H](C(=O)C[C@H](C(=O)N[C@H](CN)C(=O)C(C)C)[C@H](C)O)C1. The van der Waals surface area contributed by atoms with Crippen LogP contribution in [-0.4, -0.2) is 41.3 Å². The molecule has 6 heteroatoms. The van der Waals surface area contributed by atoms with Crippen LogP contribution in [0.5, 0.6) is 0 Å². The predicted molar refractivity (Wildman–Crippen MR) is 111 cm³/mol. The van der Waals surface area contributed by atoms with Gasteiger partial charge in [0, 0.05) is 24.8 Å². The van der Waals surface area contributed by atoms with Crippen LogP contribution in [0.25, 0.3) is 0 Å². The second-order valence-electron chi connectivity index (χ2n) is 9.23. The first kappa shape index (κ1) is 24.8. The number of amides is 1. The summed E-state index contributed by atoms with van der Waals surface area (Å²) in [6, 6.07) is -0.783. The molecule has 162 valence electrons. The van der Waals surface area contributed by atoms with Gasteiger partial charge < -0.3 is 16.2 Å². The van der Waals surface area contributed by atoms with E-state index in [-0.39, 0.29) is 36.4 Å². The van der Waals surface area contributed by atoms with E-state index in [0.717, 1.165) is 32.1 Å². The first-order valence-corrected chi connectivity index (χ1v) is 10.8. The molecule has 1 aliphatic rings. The average molecular weight is 397 g/mol. The third kappa shape index (κ3) is 7.63. The quantitative estimate of drug-likeness (QED) is 0.497. The van der Waals surface area contributed by atoms with Crippen molar-refractivity contribution >= 4 is 17.5 Å². The average Bonchev–Trinajstić information content (AvgIpc) is 2.62. The maximum atomic E-state index is 12.9. The molecule has 1 aliphatic carbocycles. The summed E-state index contributed by atoms with van der Waals surface area (Å²) in [5.74, 6) is -0.526. The Morgan fingerprint density at radius 1 is 1.11 bits per heavy atom. The van der Waals surface area contributed by atoms with E-state index in [1.165, 1.54) is 6.92 Å². The number of aliphatic hydroxyl groups excluding tert-OH is 1. The number of Topliss-reactive ketones (excluding diaryl/α,β-unsaturated/α-hetero) is 2. The van der Waals surface area contributed by atoms with Gasteiger partial charge in [-0.1, -0.05) is 40.5 Å². The van der Waals surface area contributed by atoms with Crippen LogP contribution in [0.4, 0.5) is 0 Å². The van der Waals surface area contributed by atoms with Crippen molar-refractivity contribution in [2.24, 2.45) is 35.3 Å². The Labute approximate surface area is 170 Å². The topological polar surface area (TPSA) is 109 Å². The summed E-state index contributed by atoms with van der Waals surface area (Å²) in [4.78, 5) is 37.7. The summed E-state index contributed by atoms with van der Waals surface area (Å²) in [5.41, 5.74) is 5.64. The summed E-state index contributed by atoms with van der Waals surface area (Å²) in [6.45, 7) is 9.43. The first-order chi connectivity index (χ1) is 13.1. The van der Waals surface area contributed by atoms with Gasteiger partial charge in [-0.25, -0.2) is 0 Å². The Hall–Kier alpha value is -1.27. The molecule has 0 saturated heterocycles. The lowest BCUT2D eigenvalue weighted by molar-refractivity contribution is -0.137. The molecule has 0 aromatic heterocycles. The molecule has 28 heavy (non-hydrogen) atoms. The van der Waals surface area contributed by atoms with Crippen LogP contribution in [0.3, 0.4) is 0 Å². The number of ketones is 2. The van der Waals surface area contributed by atoms with Crippen LogP contribution >= 0.6 is 0 Å². The molecular weight excluding hydrogens is 356 g/mol. The normalized spacial score (nSPS) is 23.3. The van der Waals surface area contributed by atoms with Crippen molar-refractivity contribution < 1.29 is 19.5 Å². The maximum Gasteiger partial charge on any atom is 0.226 e. The maximum absolute atomic E-state index is 12.9. The van der Waals surface area contributed by atoms with Crippen molar-refractivity contribution in [1.29, 1.82) is 0 Å². The summed E-state index contributed by atoms with van der Waals surface area (Å²) in [6.07, 6.45) is 4.11. The highest BCUT2D eigenvalue weighted by Gasteiger charge is 2.34. The van der Waals surface area contributed by atoms with Crippen LogP contribution in [0.15, 0.2) is 0 Å². The lowest BCUT2D eigenvalue weighted by atomic mass is 9.74. The minimum Gasteiger partial charge on any atom is -0.393 e. The number of nitrogens with one attached hydrogen (secondary N) is 1. The van der Waals surface area contributed by atoms with Crippen molar-refractivity contribution in [1.82, 2.24) is 5.32 Å². The van der Waals surface area contributed by atoms with Crippen LogP contribution in [-0.2, 0) is 14.4 Å². The van der Waals surface area contributed by atoms with Crippen molar-refractivity contribution in [3.05, 3.63) is 0 Å². The van der Waals surface area contributed by atoms with Gasteiger partial charge in [0.25, 0.3) is 0 Å². The summed E-state index contributed by atoms with van der Waals surface area (Å²) in [7, 11) is 0. The summed E-state index contributed by atoms with van der Waals surface area (Å²) < 4.78 is 0. The molecule has 0 aromatic carbocycles. The number of aliphatic hydroxyl groups is 1. The molecule has 0 aliphatic heterocycles. The standard InChI is InChI=1S/C22H40N2O4/c1-13(2)9-16-7-6-8-17(10-16)20(26)11-18(15(5)25)22(28)24-19(12-23)21(27)14(3)4/h13-19,25H,6-12,23H2,1-5H3,(H,24,28)/t15-,16-,17+,18-,19+/m0/s1. The molecule has 0 aromatic rings. The Kier molecular flexibility index (Phi) is 10.3. The van der Waals surface area contributed by atoms with Crippen molar-refractivity contribution in [3.63, 3.8) is 0 Å². The van der Waals surface area contributed by atoms with Gasteiger partial charge in [0.05, 0.1) is 18.1 Å². The minimum absolute atomic E-state index is 0.00271. The number of rotatable bonds is 11. The zero-order chi connectivity index (χ0) is 21.4. The zero-order valence-corrected chi connectivity index (χ0v) is 18.2. The fraction of sp³-hybridized carbons (Fsp3) is 0.864. The van der Waals surface area contributed by atoms with E-state index in [2.05, 4.69) is 19.2 Å². The van der Waals surface area contributed by atoms with Gasteiger partial charge in [0.2, 0.25) is 5.91 Å². The molecular formula is C22H40N2O4. The summed E-state index contributed by atoms with van der Waals surface area (Å²) in [5, 5.41) is 12.8. The number of nitrogens with two attached hydrogens (primary N) is 1. The van der Waals surface area contributed by atoms with Gasteiger partial charge >= 0.3 is 0 Å². The van der Waals surface area contributed by atoms with Crippen molar-refractivity contribution in [2.45, 2.75) is 85.3 Å². The molecule has 1 amide bonds. The number of carbonyl (C=O) groups excluding carboxylic acids is 3. The largest absolute Gasteiger partial charge is 0.393 e. The van der Waals surface area contributed by atoms with E-state index in [1.807, 2.05) is 0 Å². The van der Waals surface area contributed by atoms with E-state index < -0.39 is 24.0 Å². The van der Waals surface area contributed by atoms with Gasteiger partial charge in [0.1, 0.15) is 5.78 Å². The zero-order valence-electron chi connectivity index (χ0n) is 18.2. The predicted octanol–water partition coefficient (Wildman–Crippen LogP) is 2.46. The Morgan fingerprint density at radius 2 is 1.75 bits per heavy atom. The Bertz CT molecular complexity index is 531. The third-order valence-electron chi connectivity index (χ3n) is 5.85. The molecule has 1 fully saturated rings. The smallest absolute Gasteiger partial charge is 0.226 e. The van der Waals surface area contributed by atoms with Crippen molar-refractivity contribution in [3.8, 4) is 0 Å². The second-order valence-corrected chi connectivity index (χ2v) is 9.23. The lowest BCUT2D eigenvalue weighted by Crippen LogP contribution is -2.51. The van der Waals surface area contributed by atoms with E-state index >= 15 is 0 Å². The highest BCUT2D eigenvalue weighted by Crippen LogP contribution is 2.34. The highest BCUT2D eigenvalue weighted by molar-refractivity contribution is 5.93.